The second-order valence-electron chi connectivity index (χ2n) is 7.26. The molecule has 1 aromatic heterocycles. The fourth-order valence-corrected chi connectivity index (χ4v) is 3.57. The summed E-state index contributed by atoms with van der Waals surface area (Å²) in [4.78, 5) is 19.5. The van der Waals surface area contributed by atoms with Gasteiger partial charge in [-0.05, 0) is 62.5 Å². The lowest BCUT2D eigenvalue weighted by atomic mass is 10.0. The minimum Gasteiger partial charge on any atom is -0.369 e. The Morgan fingerprint density at radius 2 is 1.21 bits per heavy atom. The van der Waals surface area contributed by atoms with E-state index in [0.29, 0.717) is 0 Å². The Labute approximate surface area is 166 Å². The number of aryl methyl sites for hydroxylation is 3. The number of nitrogens with zero attached hydrogens (tertiary/aromatic N) is 1. The van der Waals surface area contributed by atoms with Crippen LogP contribution in [0.25, 0.3) is 0 Å². The molecule has 28 heavy (non-hydrogen) atoms. The number of aromatic nitrogens is 2. The number of rotatable bonds is 10. The SMILES string of the molecule is Nc1nc(CCCCc2ccccc2)c(CCCCc2ccccc2)c(=O)[nH]1. The second kappa shape index (κ2) is 10.5. The summed E-state index contributed by atoms with van der Waals surface area (Å²) in [6, 6.07) is 21.0. The zero-order chi connectivity index (χ0) is 19.6. The zero-order valence-corrected chi connectivity index (χ0v) is 16.4. The molecule has 0 fully saturated rings. The van der Waals surface area contributed by atoms with Crippen LogP contribution in [-0.4, -0.2) is 9.97 Å². The van der Waals surface area contributed by atoms with Crippen LogP contribution in [-0.2, 0) is 25.7 Å². The number of H-pyrrole nitrogens is 1. The minimum atomic E-state index is -0.0785. The quantitative estimate of drug-likeness (QED) is 0.513. The normalized spacial score (nSPS) is 10.9. The maximum absolute atomic E-state index is 12.4. The molecular formula is C24H29N3O. The van der Waals surface area contributed by atoms with Crippen molar-refractivity contribution in [1.29, 1.82) is 0 Å². The number of benzene rings is 2. The molecule has 0 amide bonds. The van der Waals surface area contributed by atoms with Gasteiger partial charge in [0.2, 0.25) is 5.95 Å². The highest BCUT2D eigenvalue weighted by Crippen LogP contribution is 2.13. The molecular weight excluding hydrogens is 346 g/mol. The maximum Gasteiger partial charge on any atom is 0.255 e. The average Bonchev–Trinajstić information content (AvgIpc) is 2.71. The molecule has 0 aliphatic carbocycles. The van der Waals surface area contributed by atoms with Gasteiger partial charge in [-0.3, -0.25) is 9.78 Å². The number of nitrogen functional groups attached to an aromatic ring is 1. The summed E-state index contributed by atoms with van der Waals surface area (Å²) in [6.07, 6.45) is 7.74. The summed E-state index contributed by atoms with van der Waals surface area (Å²) in [5, 5.41) is 0. The van der Waals surface area contributed by atoms with Crippen molar-refractivity contribution >= 4 is 5.95 Å². The van der Waals surface area contributed by atoms with Crippen molar-refractivity contribution in [3.05, 3.63) is 93.4 Å². The molecule has 0 atom stereocenters. The number of hydrogen-bond acceptors (Lipinski definition) is 3. The van der Waals surface area contributed by atoms with Crippen LogP contribution in [0, 0.1) is 0 Å². The number of nitrogens with two attached hydrogens (primary N) is 1. The Balaban J connectivity index is 1.52. The van der Waals surface area contributed by atoms with Crippen LogP contribution in [0.3, 0.4) is 0 Å². The molecule has 1 heterocycles. The van der Waals surface area contributed by atoms with Gasteiger partial charge in [-0.2, -0.15) is 0 Å². The van der Waals surface area contributed by atoms with E-state index in [1.54, 1.807) is 0 Å². The van der Waals surface area contributed by atoms with Crippen LogP contribution in [0.1, 0.15) is 48.1 Å². The monoisotopic (exact) mass is 375 g/mol. The van der Waals surface area contributed by atoms with Gasteiger partial charge in [-0.25, -0.2) is 4.98 Å². The molecule has 3 rings (SSSR count). The molecule has 3 aromatic rings. The summed E-state index contributed by atoms with van der Waals surface area (Å²) < 4.78 is 0. The van der Waals surface area contributed by atoms with Crippen LogP contribution < -0.4 is 11.3 Å². The molecule has 0 bridgehead atoms. The summed E-state index contributed by atoms with van der Waals surface area (Å²) >= 11 is 0. The van der Waals surface area contributed by atoms with Gasteiger partial charge in [0.05, 0.1) is 5.69 Å². The minimum absolute atomic E-state index is 0.0785. The largest absolute Gasteiger partial charge is 0.369 e. The molecule has 0 saturated heterocycles. The summed E-state index contributed by atoms with van der Waals surface area (Å²) in [5.74, 6) is 0.219. The highest BCUT2D eigenvalue weighted by Gasteiger charge is 2.10. The zero-order valence-electron chi connectivity index (χ0n) is 16.4. The van der Waals surface area contributed by atoms with Crippen LogP contribution in [0.5, 0.6) is 0 Å². The molecule has 4 nitrogen and oxygen atoms in total. The van der Waals surface area contributed by atoms with E-state index in [9.17, 15) is 4.79 Å². The summed E-state index contributed by atoms with van der Waals surface area (Å²) in [6.45, 7) is 0. The van der Waals surface area contributed by atoms with Crippen molar-refractivity contribution in [2.75, 3.05) is 5.73 Å². The number of nitrogens with one attached hydrogen (secondary N) is 1. The van der Waals surface area contributed by atoms with Gasteiger partial charge in [0.1, 0.15) is 0 Å². The van der Waals surface area contributed by atoms with E-state index >= 15 is 0 Å². The van der Waals surface area contributed by atoms with Crippen LogP contribution >= 0.6 is 0 Å². The van der Waals surface area contributed by atoms with Crippen molar-refractivity contribution in [3.63, 3.8) is 0 Å². The molecule has 4 heteroatoms. The third kappa shape index (κ3) is 6.08. The number of aromatic amines is 1. The molecule has 0 unspecified atom stereocenters. The summed E-state index contributed by atoms with van der Waals surface area (Å²) in [5.41, 5.74) is 10.1. The fourth-order valence-electron chi connectivity index (χ4n) is 3.57. The second-order valence-corrected chi connectivity index (χ2v) is 7.26. The first kappa shape index (κ1) is 19.9. The predicted octanol–water partition coefficient (Wildman–Crippen LogP) is 4.48. The van der Waals surface area contributed by atoms with Crippen LogP contribution in [0.15, 0.2) is 65.5 Å². The van der Waals surface area contributed by atoms with E-state index in [0.717, 1.165) is 62.6 Å². The molecule has 146 valence electrons. The van der Waals surface area contributed by atoms with Gasteiger partial charge in [0, 0.05) is 5.56 Å². The van der Waals surface area contributed by atoms with E-state index in [2.05, 4.69) is 58.5 Å². The third-order valence-corrected chi connectivity index (χ3v) is 5.08. The maximum atomic E-state index is 12.4. The molecule has 3 N–H and O–H groups in total. The summed E-state index contributed by atoms with van der Waals surface area (Å²) in [7, 11) is 0. The fraction of sp³-hybridized carbons (Fsp3) is 0.333. The number of anilines is 1. The van der Waals surface area contributed by atoms with Gasteiger partial charge in [-0.1, -0.05) is 60.7 Å². The van der Waals surface area contributed by atoms with Gasteiger partial charge in [-0.15, -0.1) is 0 Å². The average molecular weight is 376 g/mol. The van der Waals surface area contributed by atoms with Gasteiger partial charge >= 0.3 is 0 Å². The first-order valence-electron chi connectivity index (χ1n) is 10.2. The first-order chi connectivity index (χ1) is 13.7. The van der Waals surface area contributed by atoms with Crippen molar-refractivity contribution in [2.24, 2.45) is 0 Å². The first-order valence-corrected chi connectivity index (χ1v) is 10.2. The van der Waals surface area contributed by atoms with E-state index in [-0.39, 0.29) is 11.5 Å². The smallest absolute Gasteiger partial charge is 0.255 e. The van der Waals surface area contributed by atoms with Crippen molar-refractivity contribution in [2.45, 2.75) is 51.4 Å². The van der Waals surface area contributed by atoms with Crippen molar-refractivity contribution < 1.29 is 0 Å². The number of hydrogen-bond donors (Lipinski definition) is 2. The lowest BCUT2D eigenvalue weighted by Gasteiger charge is -2.09. The molecule has 0 spiro atoms. The van der Waals surface area contributed by atoms with E-state index in [1.165, 1.54) is 11.1 Å². The lowest BCUT2D eigenvalue weighted by molar-refractivity contribution is 0.689. The van der Waals surface area contributed by atoms with Gasteiger partial charge < -0.3 is 5.73 Å². The van der Waals surface area contributed by atoms with Crippen molar-refractivity contribution in [1.82, 2.24) is 9.97 Å². The molecule has 0 aliphatic heterocycles. The highest BCUT2D eigenvalue weighted by atomic mass is 16.1. The van der Waals surface area contributed by atoms with Crippen LogP contribution in [0.2, 0.25) is 0 Å². The lowest BCUT2D eigenvalue weighted by Crippen LogP contribution is -2.20. The Kier molecular flexibility index (Phi) is 7.42. The Bertz CT molecular complexity index is 904. The third-order valence-electron chi connectivity index (χ3n) is 5.08. The van der Waals surface area contributed by atoms with E-state index in [4.69, 9.17) is 5.73 Å². The molecule has 0 aliphatic rings. The predicted molar refractivity (Wildman–Crippen MR) is 115 cm³/mol. The van der Waals surface area contributed by atoms with Crippen molar-refractivity contribution in [3.8, 4) is 0 Å². The van der Waals surface area contributed by atoms with Crippen LogP contribution in [0.4, 0.5) is 5.95 Å². The van der Waals surface area contributed by atoms with E-state index < -0.39 is 0 Å². The Morgan fingerprint density at radius 1 is 0.714 bits per heavy atom. The standard InChI is InChI=1S/C24H29N3O/c25-24-26-22(18-10-8-16-20-13-5-2-6-14-20)21(23(28)27-24)17-9-7-15-19-11-3-1-4-12-19/h1-6,11-14H,7-10,15-18H2,(H3,25,26,27,28). The molecule has 0 radical (unpaired) electrons. The highest BCUT2D eigenvalue weighted by molar-refractivity contribution is 5.26. The van der Waals surface area contributed by atoms with E-state index in [1.807, 2.05) is 12.1 Å². The topological polar surface area (TPSA) is 71.8 Å². The molecule has 0 saturated carbocycles. The van der Waals surface area contributed by atoms with Gasteiger partial charge in [0.15, 0.2) is 0 Å². The van der Waals surface area contributed by atoms with Gasteiger partial charge in [0.25, 0.3) is 5.56 Å². The number of unbranched alkanes of at least 4 members (excludes halogenated alkanes) is 2. The Morgan fingerprint density at radius 3 is 1.79 bits per heavy atom. The molecule has 2 aromatic carbocycles. The Hall–Kier alpha value is -2.88.